The molecule has 0 aliphatic carbocycles. The number of nitrogens with zero attached hydrogens (tertiary/aromatic N) is 1. The summed E-state index contributed by atoms with van der Waals surface area (Å²) in [5.74, 6) is 0.692. The molecule has 19 heavy (non-hydrogen) atoms. The molecule has 0 fully saturated rings. The summed E-state index contributed by atoms with van der Waals surface area (Å²) in [7, 11) is 1.65. The summed E-state index contributed by atoms with van der Waals surface area (Å²) >= 11 is 0. The summed E-state index contributed by atoms with van der Waals surface area (Å²) in [5.41, 5.74) is 0.840. The monoisotopic (exact) mass is 257 g/mol. The standard InChI is InChI=1S/C15H15NO3/c1-16(11-12-6-5-7-13(17)10-12)15(18)19-14-8-3-2-4-9-14/h2-10,17H,11H2,1H3. The van der Waals surface area contributed by atoms with Gasteiger partial charge in [0.25, 0.3) is 0 Å². The third-order valence-electron chi connectivity index (χ3n) is 2.59. The molecule has 1 amide bonds. The smallest absolute Gasteiger partial charge is 0.415 e. The maximum Gasteiger partial charge on any atom is 0.415 e. The van der Waals surface area contributed by atoms with E-state index in [9.17, 15) is 9.90 Å². The highest BCUT2D eigenvalue weighted by molar-refractivity contribution is 5.70. The van der Waals surface area contributed by atoms with Crippen LogP contribution in [0.5, 0.6) is 11.5 Å². The van der Waals surface area contributed by atoms with Gasteiger partial charge >= 0.3 is 6.09 Å². The van der Waals surface area contributed by atoms with Crippen molar-refractivity contribution < 1.29 is 14.6 Å². The van der Waals surface area contributed by atoms with E-state index in [1.165, 1.54) is 4.90 Å². The number of para-hydroxylation sites is 1. The molecule has 0 bridgehead atoms. The predicted molar refractivity (Wildman–Crippen MR) is 72.0 cm³/mol. The quantitative estimate of drug-likeness (QED) is 0.919. The Morgan fingerprint density at radius 2 is 1.89 bits per heavy atom. The first-order valence-corrected chi connectivity index (χ1v) is 5.91. The molecule has 2 rings (SSSR count). The van der Waals surface area contributed by atoms with E-state index in [1.54, 1.807) is 49.5 Å². The number of carbonyl (C=O) groups is 1. The van der Waals surface area contributed by atoms with Gasteiger partial charge in [0.05, 0.1) is 0 Å². The highest BCUT2D eigenvalue weighted by Crippen LogP contribution is 2.14. The third-order valence-corrected chi connectivity index (χ3v) is 2.59. The molecule has 1 N–H and O–H groups in total. The number of hydrogen-bond acceptors (Lipinski definition) is 3. The molecule has 0 saturated carbocycles. The van der Waals surface area contributed by atoms with E-state index < -0.39 is 6.09 Å². The van der Waals surface area contributed by atoms with Gasteiger partial charge in [0.15, 0.2) is 0 Å². The lowest BCUT2D eigenvalue weighted by atomic mass is 10.2. The van der Waals surface area contributed by atoms with Crippen molar-refractivity contribution >= 4 is 6.09 Å². The average Bonchev–Trinajstić information content (AvgIpc) is 2.40. The molecule has 2 aromatic rings. The number of rotatable bonds is 3. The number of hydrogen-bond donors (Lipinski definition) is 1. The Bertz CT molecular complexity index is 554. The van der Waals surface area contributed by atoms with E-state index in [0.717, 1.165) is 5.56 Å². The number of phenols is 1. The van der Waals surface area contributed by atoms with Gasteiger partial charge < -0.3 is 14.7 Å². The number of ether oxygens (including phenoxy) is 1. The fourth-order valence-corrected chi connectivity index (χ4v) is 1.66. The SMILES string of the molecule is CN(Cc1cccc(O)c1)C(=O)Oc1ccccc1. The summed E-state index contributed by atoms with van der Waals surface area (Å²) in [6, 6.07) is 15.7. The van der Waals surface area contributed by atoms with Crippen LogP contribution in [0.1, 0.15) is 5.56 Å². The lowest BCUT2D eigenvalue weighted by molar-refractivity contribution is 0.160. The van der Waals surface area contributed by atoms with Crippen LogP contribution in [0.4, 0.5) is 4.79 Å². The summed E-state index contributed by atoms with van der Waals surface area (Å²) in [4.78, 5) is 13.3. The zero-order valence-corrected chi connectivity index (χ0v) is 10.6. The van der Waals surface area contributed by atoms with Crippen LogP contribution in [0.15, 0.2) is 54.6 Å². The molecule has 0 saturated heterocycles. The van der Waals surface area contributed by atoms with E-state index in [2.05, 4.69) is 0 Å². The fourth-order valence-electron chi connectivity index (χ4n) is 1.66. The van der Waals surface area contributed by atoms with E-state index in [4.69, 9.17) is 4.74 Å². The minimum Gasteiger partial charge on any atom is -0.508 e. The first-order chi connectivity index (χ1) is 9.15. The Labute approximate surface area is 111 Å². The van der Waals surface area contributed by atoms with Gasteiger partial charge in [-0.15, -0.1) is 0 Å². The van der Waals surface area contributed by atoms with Crippen LogP contribution in [-0.2, 0) is 6.54 Å². The van der Waals surface area contributed by atoms with Gasteiger partial charge in [-0.2, -0.15) is 0 Å². The molecule has 0 heterocycles. The fraction of sp³-hybridized carbons (Fsp3) is 0.133. The molecule has 4 nitrogen and oxygen atoms in total. The predicted octanol–water partition coefficient (Wildman–Crippen LogP) is 3.02. The molecular weight excluding hydrogens is 242 g/mol. The first kappa shape index (κ1) is 13.0. The Morgan fingerprint density at radius 3 is 2.58 bits per heavy atom. The Balaban J connectivity index is 1.96. The van der Waals surface area contributed by atoms with Gasteiger partial charge in [0.1, 0.15) is 11.5 Å². The van der Waals surface area contributed by atoms with Gasteiger partial charge in [-0.1, -0.05) is 30.3 Å². The van der Waals surface area contributed by atoms with Crippen molar-refractivity contribution in [3.05, 3.63) is 60.2 Å². The molecule has 4 heteroatoms. The van der Waals surface area contributed by atoms with E-state index in [-0.39, 0.29) is 5.75 Å². The van der Waals surface area contributed by atoms with Crippen LogP contribution in [0.3, 0.4) is 0 Å². The van der Waals surface area contributed by atoms with Crippen molar-refractivity contribution in [3.63, 3.8) is 0 Å². The number of carbonyl (C=O) groups excluding carboxylic acids is 1. The lowest BCUT2D eigenvalue weighted by Crippen LogP contribution is -2.29. The van der Waals surface area contributed by atoms with Crippen molar-refractivity contribution in [1.29, 1.82) is 0 Å². The summed E-state index contributed by atoms with van der Waals surface area (Å²) in [6.45, 7) is 0.375. The summed E-state index contributed by atoms with van der Waals surface area (Å²) in [6.07, 6.45) is -0.436. The van der Waals surface area contributed by atoms with Crippen LogP contribution in [-0.4, -0.2) is 23.1 Å². The van der Waals surface area contributed by atoms with Crippen molar-refractivity contribution in [2.45, 2.75) is 6.54 Å². The second-order valence-electron chi connectivity index (χ2n) is 4.21. The maximum absolute atomic E-state index is 11.8. The number of benzene rings is 2. The second-order valence-corrected chi connectivity index (χ2v) is 4.21. The molecule has 0 aliphatic heterocycles. The van der Waals surface area contributed by atoms with Gasteiger partial charge in [0, 0.05) is 13.6 Å². The second kappa shape index (κ2) is 5.91. The molecule has 0 radical (unpaired) electrons. The van der Waals surface area contributed by atoms with Gasteiger partial charge in [-0.25, -0.2) is 4.79 Å². The van der Waals surface area contributed by atoms with Crippen LogP contribution < -0.4 is 4.74 Å². The Hall–Kier alpha value is -2.49. The average molecular weight is 257 g/mol. The van der Waals surface area contributed by atoms with E-state index in [1.807, 2.05) is 12.1 Å². The number of amides is 1. The normalized spacial score (nSPS) is 9.95. The number of phenolic OH excluding ortho intramolecular Hbond substituents is 1. The van der Waals surface area contributed by atoms with Crippen molar-refractivity contribution in [2.75, 3.05) is 7.05 Å². The van der Waals surface area contributed by atoms with Crippen molar-refractivity contribution in [3.8, 4) is 11.5 Å². The highest BCUT2D eigenvalue weighted by atomic mass is 16.6. The van der Waals surface area contributed by atoms with E-state index in [0.29, 0.717) is 12.3 Å². The molecule has 2 aromatic carbocycles. The van der Waals surface area contributed by atoms with Gasteiger partial charge in [-0.3, -0.25) is 0 Å². The highest BCUT2D eigenvalue weighted by Gasteiger charge is 2.11. The molecule has 98 valence electrons. The van der Waals surface area contributed by atoms with Crippen molar-refractivity contribution in [2.24, 2.45) is 0 Å². The first-order valence-electron chi connectivity index (χ1n) is 5.91. The molecular formula is C15H15NO3. The molecule has 0 unspecified atom stereocenters. The minimum atomic E-state index is -0.436. The third kappa shape index (κ3) is 3.74. The van der Waals surface area contributed by atoms with Crippen LogP contribution >= 0.6 is 0 Å². The van der Waals surface area contributed by atoms with Crippen LogP contribution in [0.25, 0.3) is 0 Å². The number of aromatic hydroxyl groups is 1. The molecule has 0 atom stereocenters. The zero-order chi connectivity index (χ0) is 13.7. The molecule has 0 aliphatic rings. The van der Waals surface area contributed by atoms with Crippen LogP contribution in [0.2, 0.25) is 0 Å². The molecule has 0 spiro atoms. The lowest BCUT2D eigenvalue weighted by Gasteiger charge is -2.16. The summed E-state index contributed by atoms with van der Waals surface area (Å²) < 4.78 is 5.20. The zero-order valence-electron chi connectivity index (χ0n) is 10.6. The van der Waals surface area contributed by atoms with Crippen molar-refractivity contribution in [1.82, 2.24) is 4.90 Å². The Morgan fingerprint density at radius 1 is 1.16 bits per heavy atom. The van der Waals surface area contributed by atoms with Gasteiger partial charge in [-0.05, 0) is 29.8 Å². The minimum absolute atomic E-state index is 0.183. The molecule has 0 aromatic heterocycles. The van der Waals surface area contributed by atoms with E-state index >= 15 is 0 Å². The maximum atomic E-state index is 11.8. The Kier molecular flexibility index (Phi) is 4.03. The summed E-state index contributed by atoms with van der Waals surface area (Å²) in [5, 5.41) is 9.37. The van der Waals surface area contributed by atoms with Gasteiger partial charge in [0.2, 0.25) is 0 Å². The van der Waals surface area contributed by atoms with Crippen LogP contribution in [0, 0.1) is 0 Å². The topological polar surface area (TPSA) is 49.8 Å². The largest absolute Gasteiger partial charge is 0.508 e.